The van der Waals surface area contributed by atoms with Crippen LogP contribution >= 0.6 is 0 Å². The number of aliphatic hydroxyl groups is 2. The fourth-order valence-electron chi connectivity index (χ4n) is 5.39. The summed E-state index contributed by atoms with van der Waals surface area (Å²) in [4.78, 5) is 11.5. The summed E-state index contributed by atoms with van der Waals surface area (Å²) in [6, 6.07) is 0. The molecule has 3 aliphatic heterocycles. The van der Waals surface area contributed by atoms with Crippen molar-refractivity contribution in [1.82, 2.24) is 0 Å². The van der Waals surface area contributed by atoms with Crippen molar-refractivity contribution in [3.63, 3.8) is 0 Å². The van der Waals surface area contributed by atoms with Gasteiger partial charge in [0.25, 0.3) is 0 Å². The van der Waals surface area contributed by atoms with Gasteiger partial charge in [-0.3, -0.25) is 0 Å². The lowest BCUT2D eigenvalue weighted by Crippen LogP contribution is -2.47. The second-order valence-electron chi connectivity index (χ2n) is 10.1. The van der Waals surface area contributed by atoms with E-state index in [-0.39, 0.29) is 24.3 Å². The number of aliphatic hydroxyl groups excluding tert-OH is 2. The van der Waals surface area contributed by atoms with Crippen LogP contribution in [0.1, 0.15) is 110 Å². The van der Waals surface area contributed by atoms with E-state index >= 15 is 0 Å². The van der Waals surface area contributed by atoms with Gasteiger partial charge in [0.15, 0.2) is 5.79 Å². The highest BCUT2D eigenvalue weighted by atomic mass is 16.7. The predicted molar refractivity (Wildman–Crippen MR) is 123 cm³/mol. The molecule has 6 unspecified atom stereocenters. The highest BCUT2D eigenvalue weighted by Crippen LogP contribution is 2.43. The second kappa shape index (κ2) is 13.1. The molecule has 2 N–H and O–H groups in total. The zero-order valence-corrected chi connectivity index (χ0v) is 19.9. The van der Waals surface area contributed by atoms with Crippen molar-refractivity contribution in [2.45, 2.75) is 146 Å². The molecule has 6 heteroatoms. The van der Waals surface area contributed by atoms with Crippen molar-refractivity contribution < 1.29 is 29.2 Å². The van der Waals surface area contributed by atoms with Crippen LogP contribution in [0.5, 0.6) is 0 Å². The lowest BCUT2D eigenvalue weighted by atomic mass is 9.92. The van der Waals surface area contributed by atoms with Crippen molar-refractivity contribution in [3.8, 4) is 0 Å². The number of hydrogen-bond donors (Lipinski definition) is 2. The highest BCUT2D eigenvalue weighted by molar-refractivity contribution is 5.83. The lowest BCUT2D eigenvalue weighted by Gasteiger charge is -2.40. The lowest BCUT2D eigenvalue weighted by molar-refractivity contribution is -0.285. The molecule has 184 valence electrons. The van der Waals surface area contributed by atoms with Crippen LogP contribution in [-0.2, 0) is 19.0 Å². The first-order valence-electron chi connectivity index (χ1n) is 13.1. The van der Waals surface area contributed by atoms with Crippen LogP contribution < -0.4 is 0 Å². The standard InChI is InChI=1S/C26H44O6/c1-2-3-4-5-6-7-8-9-10-11-12-13-20(27)16-22-17-21(28)18-26(31-22)19-24-23(32-26)14-15-25(29)30-24/h14-15,20-24,27-28H,2-13,16-19H2,1H3. The molecule has 6 nitrogen and oxygen atoms in total. The molecule has 6 atom stereocenters. The normalized spacial score (nSPS) is 32.8. The third kappa shape index (κ3) is 8.12. The van der Waals surface area contributed by atoms with E-state index in [0.717, 1.165) is 19.3 Å². The van der Waals surface area contributed by atoms with Crippen molar-refractivity contribution in [2.75, 3.05) is 0 Å². The predicted octanol–water partition coefficient (Wildman–Crippen LogP) is 4.95. The molecular formula is C26H44O6. The highest BCUT2D eigenvalue weighted by Gasteiger charge is 2.53. The van der Waals surface area contributed by atoms with E-state index in [9.17, 15) is 15.0 Å². The molecule has 0 radical (unpaired) electrons. The maximum absolute atomic E-state index is 11.5. The molecule has 3 rings (SSSR count). The summed E-state index contributed by atoms with van der Waals surface area (Å²) < 4.78 is 17.7. The summed E-state index contributed by atoms with van der Waals surface area (Å²) in [5.41, 5.74) is 0. The van der Waals surface area contributed by atoms with Gasteiger partial charge >= 0.3 is 5.97 Å². The first kappa shape index (κ1) is 25.7. The fraction of sp³-hybridized carbons (Fsp3) is 0.885. The van der Waals surface area contributed by atoms with Crippen LogP contribution in [0.4, 0.5) is 0 Å². The van der Waals surface area contributed by atoms with Gasteiger partial charge in [-0.1, -0.05) is 77.6 Å². The summed E-state index contributed by atoms with van der Waals surface area (Å²) in [5.74, 6) is -1.29. The minimum absolute atomic E-state index is 0.249. The van der Waals surface area contributed by atoms with E-state index < -0.39 is 18.0 Å². The number of hydrogen-bond acceptors (Lipinski definition) is 6. The molecule has 0 saturated carbocycles. The molecule has 2 saturated heterocycles. The van der Waals surface area contributed by atoms with Crippen molar-refractivity contribution >= 4 is 5.97 Å². The van der Waals surface area contributed by atoms with Crippen LogP contribution in [0.3, 0.4) is 0 Å². The van der Waals surface area contributed by atoms with Crippen LogP contribution in [0.25, 0.3) is 0 Å². The quantitative estimate of drug-likeness (QED) is 0.287. The minimum atomic E-state index is -0.928. The number of carbonyl (C=O) groups is 1. The number of ether oxygens (including phenoxy) is 3. The zero-order chi connectivity index (χ0) is 22.8. The molecule has 2 fully saturated rings. The van der Waals surface area contributed by atoms with E-state index in [2.05, 4.69) is 6.92 Å². The Labute approximate surface area is 193 Å². The second-order valence-corrected chi connectivity index (χ2v) is 10.1. The van der Waals surface area contributed by atoms with Crippen LogP contribution in [-0.4, -0.2) is 52.5 Å². The third-order valence-electron chi connectivity index (χ3n) is 7.06. The first-order chi connectivity index (χ1) is 15.5. The van der Waals surface area contributed by atoms with Gasteiger partial charge < -0.3 is 24.4 Å². The largest absolute Gasteiger partial charge is 0.456 e. The van der Waals surface area contributed by atoms with E-state index in [0.29, 0.717) is 25.7 Å². The third-order valence-corrected chi connectivity index (χ3v) is 7.06. The average molecular weight is 453 g/mol. The topological polar surface area (TPSA) is 85.2 Å². The minimum Gasteiger partial charge on any atom is -0.456 e. The Bertz CT molecular complexity index is 593. The van der Waals surface area contributed by atoms with Crippen molar-refractivity contribution in [2.24, 2.45) is 0 Å². The first-order valence-corrected chi connectivity index (χ1v) is 13.1. The summed E-state index contributed by atoms with van der Waals surface area (Å²) in [6.45, 7) is 2.26. The summed E-state index contributed by atoms with van der Waals surface area (Å²) >= 11 is 0. The molecule has 3 heterocycles. The number of rotatable bonds is 14. The molecule has 0 bridgehead atoms. The van der Waals surface area contributed by atoms with Gasteiger partial charge in [-0.2, -0.15) is 0 Å². The van der Waals surface area contributed by atoms with E-state index in [1.807, 2.05) is 0 Å². The summed E-state index contributed by atoms with van der Waals surface area (Å²) in [6.07, 6.45) is 18.0. The number of esters is 1. The van der Waals surface area contributed by atoms with Crippen molar-refractivity contribution in [1.29, 1.82) is 0 Å². The number of carbonyl (C=O) groups excluding carboxylic acids is 1. The van der Waals surface area contributed by atoms with Gasteiger partial charge in [0, 0.05) is 18.9 Å². The maximum atomic E-state index is 11.5. The van der Waals surface area contributed by atoms with Crippen molar-refractivity contribution in [3.05, 3.63) is 12.2 Å². The van der Waals surface area contributed by atoms with Crippen LogP contribution in [0, 0.1) is 0 Å². The van der Waals surface area contributed by atoms with Gasteiger partial charge in [0.2, 0.25) is 0 Å². The number of fused-ring (bicyclic) bond motifs is 1. The van der Waals surface area contributed by atoms with Crippen LogP contribution in [0.15, 0.2) is 12.2 Å². The number of unbranched alkanes of at least 4 members (excludes halogenated alkanes) is 10. The molecule has 0 aliphatic carbocycles. The molecule has 0 aromatic heterocycles. The van der Waals surface area contributed by atoms with Gasteiger partial charge in [0.05, 0.1) is 18.3 Å². The van der Waals surface area contributed by atoms with E-state index in [1.54, 1.807) is 6.08 Å². The van der Waals surface area contributed by atoms with E-state index in [1.165, 1.54) is 63.9 Å². The zero-order valence-electron chi connectivity index (χ0n) is 19.9. The fourth-order valence-corrected chi connectivity index (χ4v) is 5.39. The van der Waals surface area contributed by atoms with Gasteiger partial charge in [-0.05, 0) is 25.3 Å². The molecule has 0 aromatic carbocycles. The molecule has 0 amide bonds. The Hall–Kier alpha value is -0.950. The average Bonchev–Trinajstić information content (AvgIpc) is 3.07. The monoisotopic (exact) mass is 452 g/mol. The Morgan fingerprint density at radius 2 is 1.66 bits per heavy atom. The maximum Gasteiger partial charge on any atom is 0.330 e. The molecule has 1 spiro atoms. The Kier molecular flexibility index (Phi) is 10.5. The Balaban J connectivity index is 1.28. The Morgan fingerprint density at radius 3 is 2.34 bits per heavy atom. The van der Waals surface area contributed by atoms with E-state index in [4.69, 9.17) is 14.2 Å². The van der Waals surface area contributed by atoms with Crippen LogP contribution in [0.2, 0.25) is 0 Å². The molecule has 3 aliphatic rings. The molecular weight excluding hydrogens is 408 g/mol. The smallest absolute Gasteiger partial charge is 0.330 e. The van der Waals surface area contributed by atoms with Gasteiger partial charge in [0.1, 0.15) is 12.2 Å². The van der Waals surface area contributed by atoms with Gasteiger partial charge in [-0.15, -0.1) is 0 Å². The molecule has 0 aromatic rings. The van der Waals surface area contributed by atoms with Gasteiger partial charge in [-0.25, -0.2) is 4.79 Å². The summed E-state index contributed by atoms with van der Waals surface area (Å²) in [5, 5.41) is 20.9. The Morgan fingerprint density at radius 1 is 1.00 bits per heavy atom. The molecule has 32 heavy (non-hydrogen) atoms. The SMILES string of the molecule is CCCCCCCCCCCCCC(O)CC1CC(O)CC2(CC3OC(=O)C=CC3O2)O1. The summed E-state index contributed by atoms with van der Waals surface area (Å²) in [7, 11) is 0.